The first-order chi connectivity index (χ1) is 11.5. The largest absolute Gasteiger partial charge is 0.388 e. The fourth-order valence-electron chi connectivity index (χ4n) is 3.35. The van der Waals surface area contributed by atoms with Gasteiger partial charge in [-0.15, -0.1) is 0 Å². The SMILES string of the molecule is CSc1nccn1-c1cccc(C(=O)N(C)CC2(O)CCCC2)c1. The molecule has 1 fully saturated rings. The summed E-state index contributed by atoms with van der Waals surface area (Å²) in [6.45, 7) is 0.386. The molecule has 5 nitrogen and oxygen atoms in total. The fraction of sp³-hybridized carbons (Fsp3) is 0.444. The van der Waals surface area contributed by atoms with E-state index < -0.39 is 5.60 Å². The van der Waals surface area contributed by atoms with Crippen molar-refractivity contribution >= 4 is 17.7 Å². The Labute approximate surface area is 146 Å². The molecule has 6 heteroatoms. The maximum Gasteiger partial charge on any atom is 0.253 e. The molecule has 0 bridgehead atoms. The lowest BCUT2D eigenvalue weighted by Crippen LogP contribution is -2.42. The zero-order valence-electron chi connectivity index (χ0n) is 14.1. The summed E-state index contributed by atoms with van der Waals surface area (Å²) in [6.07, 6.45) is 9.23. The van der Waals surface area contributed by atoms with E-state index in [9.17, 15) is 9.90 Å². The molecule has 0 atom stereocenters. The number of amides is 1. The minimum atomic E-state index is -0.724. The van der Waals surface area contributed by atoms with E-state index in [2.05, 4.69) is 4.98 Å². The Morgan fingerprint density at radius 2 is 2.17 bits per heavy atom. The number of carbonyl (C=O) groups is 1. The molecule has 0 aliphatic heterocycles. The molecule has 0 unspecified atom stereocenters. The van der Waals surface area contributed by atoms with Gasteiger partial charge in [-0.1, -0.05) is 30.7 Å². The predicted octanol–water partition coefficient (Wildman–Crippen LogP) is 2.97. The second kappa shape index (κ2) is 6.99. The van der Waals surface area contributed by atoms with Crippen LogP contribution in [-0.4, -0.2) is 50.9 Å². The standard InChI is InChI=1S/C18H23N3O2S/c1-20(13-18(23)8-3-4-9-18)16(22)14-6-5-7-15(12-14)21-11-10-19-17(21)24-2/h5-7,10-12,23H,3-4,8-9,13H2,1-2H3. The Morgan fingerprint density at radius 3 is 2.88 bits per heavy atom. The highest BCUT2D eigenvalue weighted by Gasteiger charge is 2.33. The van der Waals surface area contributed by atoms with Crippen LogP contribution in [0, 0.1) is 0 Å². The molecule has 0 saturated heterocycles. The molecule has 1 aliphatic rings. The predicted molar refractivity (Wildman–Crippen MR) is 95.7 cm³/mol. The van der Waals surface area contributed by atoms with Gasteiger partial charge in [-0.2, -0.15) is 0 Å². The van der Waals surface area contributed by atoms with E-state index in [4.69, 9.17) is 0 Å². The van der Waals surface area contributed by atoms with E-state index in [1.54, 1.807) is 29.9 Å². The minimum Gasteiger partial charge on any atom is -0.388 e. The third-order valence-corrected chi connectivity index (χ3v) is 5.24. The number of thioether (sulfide) groups is 1. The first kappa shape index (κ1) is 17.0. The average Bonchev–Trinajstić information content (AvgIpc) is 3.23. The van der Waals surface area contributed by atoms with Crippen molar-refractivity contribution in [3.8, 4) is 5.69 Å². The molecular formula is C18H23N3O2S. The van der Waals surface area contributed by atoms with E-state index in [1.165, 1.54) is 0 Å². The maximum absolute atomic E-state index is 12.7. The number of carbonyl (C=O) groups excluding carboxylic acids is 1. The molecule has 1 aromatic heterocycles. The normalized spacial score (nSPS) is 16.3. The molecule has 128 valence electrons. The van der Waals surface area contributed by atoms with E-state index in [0.29, 0.717) is 12.1 Å². The molecular weight excluding hydrogens is 322 g/mol. The number of hydrogen-bond acceptors (Lipinski definition) is 4. The molecule has 1 amide bonds. The van der Waals surface area contributed by atoms with Gasteiger partial charge in [-0.25, -0.2) is 4.98 Å². The van der Waals surface area contributed by atoms with Crippen molar-refractivity contribution in [2.75, 3.05) is 19.8 Å². The lowest BCUT2D eigenvalue weighted by Gasteiger charge is -2.28. The molecule has 1 saturated carbocycles. The highest BCUT2D eigenvalue weighted by molar-refractivity contribution is 7.98. The van der Waals surface area contributed by atoms with Crippen LogP contribution >= 0.6 is 11.8 Å². The van der Waals surface area contributed by atoms with Crippen LogP contribution in [0.5, 0.6) is 0 Å². The van der Waals surface area contributed by atoms with Crippen LogP contribution in [-0.2, 0) is 0 Å². The molecule has 1 aromatic carbocycles. The van der Waals surface area contributed by atoms with E-state index in [0.717, 1.165) is 36.5 Å². The van der Waals surface area contributed by atoms with Crippen LogP contribution in [0.15, 0.2) is 41.8 Å². The van der Waals surface area contributed by atoms with Crippen molar-refractivity contribution in [2.24, 2.45) is 0 Å². The van der Waals surface area contributed by atoms with E-state index >= 15 is 0 Å². The van der Waals surface area contributed by atoms with Crippen LogP contribution in [0.3, 0.4) is 0 Å². The number of rotatable bonds is 5. The zero-order valence-corrected chi connectivity index (χ0v) is 14.9. The highest BCUT2D eigenvalue weighted by Crippen LogP contribution is 2.30. The lowest BCUT2D eigenvalue weighted by molar-refractivity contribution is 0.0157. The van der Waals surface area contributed by atoms with Crippen molar-refractivity contribution in [2.45, 2.75) is 36.4 Å². The van der Waals surface area contributed by atoms with Gasteiger partial charge in [0.15, 0.2) is 5.16 Å². The summed E-state index contributed by atoms with van der Waals surface area (Å²) < 4.78 is 1.96. The van der Waals surface area contributed by atoms with Gasteiger partial charge in [0, 0.05) is 37.2 Å². The van der Waals surface area contributed by atoms with Crippen molar-refractivity contribution in [1.29, 1.82) is 0 Å². The monoisotopic (exact) mass is 345 g/mol. The van der Waals surface area contributed by atoms with Gasteiger partial charge in [0.2, 0.25) is 0 Å². The molecule has 2 aromatic rings. The number of aromatic nitrogens is 2. The number of likely N-dealkylation sites (N-methyl/N-ethyl adjacent to an activating group) is 1. The number of aliphatic hydroxyl groups is 1. The number of imidazole rings is 1. The van der Waals surface area contributed by atoms with Gasteiger partial charge in [0.25, 0.3) is 5.91 Å². The molecule has 1 N–H and O–H groups in total. The Hall–Kier alpha value is -1.79. The summed E-state index contributed by atoms with van der Waals surface area (Å²) in [6, 6.07) is 7.53. The second-order valence-electron chi connectivity index (χ2n) is 6.43. The van der Waals surface area contributed by atoms with Gasteiger partial charge in [-0.05, 0) is 37.3 Å². The van der Waals surface area contributed by atoms with Crippen molar-refractivity contribution in [1.82, 2.24) is 14.5 Å². The molecule has 3 rings (SSSR count). The van der Waals surface area contributed by atoms with E-state index in [1.807, 2.05) is 41.3 Å². The van der Waals surface area contributed by atoms with Gasteiger partial charge < -0.3 is 10.0 Å². The summed E-state index contributed by atoms with van der Waals surface area (Å²) in [5, 5.41) is 11.4. The molecule has 1 aliphatic carbocycles. The van der Waals surface area contributed by atoms with Crippen molar-refractivity contribution < 1.29 is 9.90 Å². The third kappa shape index (κ3) is 3.49. The van der Waals surface area contributed by atoms with Gasteiger partial charge in [0.1, 0.15) is 0 Å². The van der Waals surface area contributed by atoms with Gasteiger partial charge in [0.05, 0.1) is 5.60 Å². The average molecular weight is 345 g/mol. The quantitative estimate of drug-likeness (QED) is 0.847. The Morgan fingerprint density at radius 1 is 1.42 bits per heavy atom. The van der Waals surface area contributed by atoms with Crippen LogP contribution in [0.25, 0.3) is 5.69 Å². The first-order valence-electron chi connectivity index (χ1n) is 8.18. The smallest absolute Gasteiger partial charge is 0.253 e. The molecule has 24 heavy (non-hydrogen) atoms. The number of benzene rings is 1. The van der Waals surface area contributed by atoms with Crippen molar-refractivity contribution in [3.05, 3.63) is 42.2 Å². The van der Waals surface area contributed by atoms with Gasteiger partial charge in [-0.3, -0.25) is 9.36 Å². The summed E-state index contributed by atoms with van der Waals surface area (Å²) >= 11 is 1.56. The summed E-state index contributed by atoms with van der Waals surface area (Å²) in [4.78, 5) is 18.7. The Kier molecular flexibility index (Phi) is 4.96. The molecule has 0 spiro atoms. The lowest BCUT2D eigenvalue weighted by atomic mass is 10.0. The molecule has 0 radical (unpaired) electrons. The summed E-state index contributed by atoms with van der Waals surface area (Å²) in [5.41, 5.74) is 0.811. The highest BCUT2D eigenvalue weighted by atomic mass is 32.2. The molecule has 1 heterocycles. The van der Waals surface area contributed by atoms with Gasteiger partial charge >= 0.3 is 0 Å². The van der Waals surface area contributed by atoms with E-state index in [-0.39, 0.29) is 5.91 Å². The minimum absolute atomic E-state index is 0.0667. The summed E-state index contributed by atoms with van der Waals surface area (Å²) in [5.74, 6) is -0.0667. The maximum atomic E-state index is 12.7. The van der Waals surface area contributed by atoms with Crippen LogP contribution < -0.4 is 0 Å². The van der Waals surface area contributed by atoms with Crippen LogP contribution in [0.1, 0.15) is 36.0 Å². The number of nitrogens with zero attached hydrogens (tertiary/aromatic N) is 3. The zero-order chi connectivity index (χ0) is 17.2. The second-order valence-corrected chi connectivity index (χ2v) is 7.20. The Bertz CT molecular complexity index is 723. The first-order valence-corrected chi connectivity index (χ1v) is 9.40. The van der Waals surface area contributed by atoms with Crippen LogP contribution in [0.4, 0.5) is 0 Å². The van der Waals surface area contributed by atoms with Crippen LogP contribution in [0.2, 0.25) is 0 Å². The summed E-state index contributed by atoms with van der Waals surface area (Å²) in [7, 11) is 1.76. The van der Waals surface area contributed by atoms with Crippen molar-refractivity contribution in [3.63, 3.8) is 0 Å². The Balaban J connectivity index is 1.79. The fourth-order valence-corrected chi connectivity index (χ4v) is 3.88. The third-order valence-electron chi connectivity index (χ3n) is 4.57. The topological polar surface area (TPSA) is 58.4 Å². The number of hydrogen-bond donors (Lipinski definition) is 1.